The van der Waals surface area contributed by atoms with Crippen LogP contribution in [0.25, 0.3) is 0 Å². The molecule has 1 aliphatic heterocycles. The van der Waals surface area contributed by atoms with Crippen LogP contribution in [0.1, 0.15) is 36.0 Å². The summed E-state index contributed by atoms with van der Waals surface area (Å²) in [5.41, 5.74) is 3.56. The number of carbonyl (C=O) groups is 2. The summed E-state index contributed by atoms with van der Waals surface area (Å²) in [6, 6.07) is 16.2. The Morgan fingerprint density at radius 2 is 1.23 bits per heavy atom. The summed E-state index contributed by atoms with van der Waals surface area (Å²) in [7, 11) is 1.65. The highest BCUT2D eigenvalue weighted by Crippen LogP contribution is 2.14. The standard InChI is InChI=1S/C25H32N2O3/c1-20-4-6-21(7-5-20)10-14-24(28)26-16-3-17-27(19-18-26)25(29)15-11-22-8-12-23(30-2)13-9-22/h4-9,12-13H,3,10-11,14-19H2,1-2H3. The van der Waals surface area contributed by atoms with Crippen molar-refractivity contribution in [2.45, 2.75) is 39.0 Å². The first-order chi connectivity index (χ1) is 14.5. The molecule has 2 aromatic carbocycles. The molecule has 0 spiro atoms. The number of aryl methyl sites for hydroxylation is 3. The smallest absolute Gasteiger partial charge is 0.222 e. The van der Waals surface area contributed by atoms with Gasteiger partial charge in [0.25, 0.3) is 0 Å². The van der Waals surface area contributed by atoms with E-state index >= 15 is 0 Å². The number of ether oxygens (including phenoxy) is 1. The summed E-state index contributed by atoms with van der Waals surface area (Å²) in [4.78, 5) is 29.1. The van der Waals surface area contributed by atoms with Crippen LogP contribution in [-0.2, 0) is 22.4 Å². The highest BCUT2D eigenvalue weighted by molar-refractivity contribution is 5.78. The molecule has 1 heterocycles. The van der Waals surface area contributed by atoms with Gasteiger partial charge >= 0.3 is 0 Å². The van der Waals surface area contributed by atoms with Gasteiger partial charge in [-0.15, -0.1) is 0 Å². The van der Waals surface area contributed by atoms with E-state index in [0.717, 1.165) is 43.7 Å². The SMILES string of the molecule is COc1ccc(CCC(=O)N2CCCN(C(=O)CCc3ccc(C)cc3)CC2)cc1. The molecule has 1 fully saturated rings. The molecule has 0 N–H and O–H groups in total. The van der Waals surface area contributed by atoms with Crippen molar-refractivity contribution in [1.29, 1.82) is 0 Å². The number of hydrogen-bond acceptors (Lipinski definition) is 3. The average molecular weight is 409 g/mol. The minimum absolute atomic E-state index is 0.166. The van der Waals surface area contributed by atoms with E-state index < -0.39 is 0 Å². The molecule has 0 radical (unpaired) electrons. The summed E-state index contributed by atoms with van der Waals surface area (Å²) in [5, 5.41) is 0. The molecule has 2 aromatic rings. The maximum Gasteiger partial charge on any atom is 0.222 e. The topological polar surface area (TPSA) is 49.9 Å². The quantitative estimate of drug-likeness (QED) is 0.703. The van der Waals surface area contributed by atoms with Gasteiger partial charge in [-0.1, -0.05) is 42.0 Å². The van der Waals surface area contributed by atoms with E-state index in [1.165, 1.54) is 11.1 Å². The Bertz CT molecular complexity index is 830. The highest BCUT2D eigenvalue weighted by atomic mass is 16.5. The lowest BCUT2D eigenvalue weighted by atomic mass is 10.1. The maximum absolute atomic E-state index is 12.7. The molecule has 2 amide bonds. The molecule has 3 rings (SSSR count). The number of rotatable bonds is 7. The third-order valence-electron chi connectivity index (χ3n) is 5.74. The Balaban J connectivity index is 1.43. The molecule has 1 saturated heterocycles. The van der Waals surface area contributed by atoms with Crippen LogP contribution in [0.15, 0.2) is 48.5 Å². The summed E-state index contributed by atoms with van der Waals surface area (Å²) in [5.74, 6) is 1.17. The van der Waals surface area contributed by atoms with Gasteiger partial charge in [-0.2, -0.15) is 0 Å². The number of amides is 2. The van der Waals surface area contributed by atoms with E-state index in [-0.39, 0.29) is 11.8 Å². The van der Waals surface area contributed by atoms with Crippen LogP contribution in [-0.4, -0.2) is 54.9 Å². The second kappa shape index (κ2) is 10.8. The van der Waals surface area contributed by atoms with Crippen LogP contribution in [0.3, 0.4) is 0 Å². The van der Waals surface area contributed by atoms with Crippen LogP contribution in [0.2, 0.25) is 0 Å². The minimum Gasteiger partial charge on any atom is -0.497 e. The third-order valence-corrected chi connectivity index (χ3v) is 5.74. The molecule has 5 heteroatoms. The van der Waals surface area contributed by atoms with Crippen LogP contribution in [0, 0.1) is 6.92 Å². The van der Waals surface area contributed by atoms with Gasteiger partial charge in [0, 0.05) is 39.0 Å². The van der Waals surface area contributed by atoms with Crippen LogP contribution >= 0.6 is 0 Å². The molecule has 0 atom stereocenters. The molecule has 5 nitrogen and oxygen atoms in total. The van der Waals surface area contributed by atoms with Crippen molar-refractivity contribution in [3.05, 3.63) is 65.2 Å². The van der Waals surface area contributed by atoms with E-state index in [4.69, 9.17) is 4.74 Å². The monoisotopic (exact) mass is 408 g/mol. The summed E-state index contributed by atoms with van der Waals surface area (Å²) >= 11 is 0. The van der Waals surface area contributed by atoms with Gasteiger partial charge < -0.3 is 14.5 Å². The summed E-state index contributed by atoms with van der Waals surface area (Å²) < 4.78 is 5.17. The zero-order valence-corrected chi connectivity index (χ0v) is 18.1. The molecule has 0 saturated carbocycles. The van der Waals surface area contributed by atoms with Crippen molar-refractivity contribution < 1.29 is 14.3 Å². The lowest BCUT2D eigenvalue weighted by Crippen LogP contribution is -2.37. The zero-order valence-electron chi connectivity index (χ0n) is 18.1. The second-order valence-corrected chi connectivity index (χ2v) is 7.95. The van der Waals surface area contributed by atoms with Gasteiger partial charge in [-0.25, -0.2) is 0 Å². The molecule has 30 heavy (non-hydrogen) atoms. The second-order valence-electron chi connectivity index (χ2n) is 7.95. The molecule has 0 unspecified atom stereocenters. The van der Waals surface area contributed by atoms with Crippen molar-refractivity contribution in [3.63, 3.8) is 0 Å². The van der Waals surface area contributed by atoms with E-state index in [9.17, 15) is 9.59 Å². The van der Waals surface area contributed by atoms with Gasteiger partial charge in [0.15, 0.2) is 0 Å². The maximum atomic E-state index is 12.7. The van der Waals surface area contributed by atoms with E-state index in [1.807, 2.05) is 34.1 Å². The van der Waals surface area contributed by atoms with Gasteiger partial charge in [0.2, 0.25) is 11.8 Å². The summed E-state index contributed by atoms with van der Waals surface area (Å²) in [6.45, 7) is 4.77. The van der Waals surface area contributed by atoms with Crippen LogP contribution in [0.4, 0.5) is 0 Å². The van der Waals surface area contributed by atoms with E-state index in [2.05, 4.69) is 31.2 Å². The molecular formula is C25H32N2O3. The molecular weight excluding hydrogens is 376 g/mol. The number of nitrogens with zero attached hydrogens (tertiary/aromatic N) is 2. The first-order valence-electron chi connectivity index (χ1n) is 10.8. The fourth-order valence-corrected chi connectivity index (χ4v) is 3.78. The lowest BCUT2D eigenvalue weighted by Gasteiger charge is -2.22. The van der Waals surface area contributed by atoms with Crippen molar-refractivity contribution >= 4 is 11.8 Å². The normalized spacial score (nSPS) is 14.3. The largest absolute Gasteiger partial charge is 0.497 e. The highest BCUT2D eigenvalue weighted by Gasteiger charge is 2.21. The molecule has 0 bridgehead atoms. The Hall–Kier alpha value is -2.82. The Labute approximate surface area is 179 Å². The predicted molar refractivity (Wildman–Crippen MR) is 119 cm³/mol. The molecule has 0 aromatic heterocycles. The van der Waals surface area contributed by atoms with Crippen molar-refractivity contribution in [2.24, 2.45) is 0 Å². The van der Waals surface area contributed by atoms with Crippen molar-refractivity contribution in [2.75, 3.05) is 33.3 Å². The minimum atomic E-state index is 0.166. The van der Waals surface area contributed by atoms with Gasteiger partial charge in [0.1, 0.15) is 5.75 Å². The van der Waals surface area contributed by atoms with Crippen molar-refractivity contribution in [1.82, 2.24) is 9.80 Å². The lowest BCUT2D eigenvalue weighted by molar-refractivity contribution is -0.133. The number of hydrogen-bond donors (Lipinski definition) is 0. The van der Waals surface area contributed by atoms with E-state index in [0.29, 0.717) is 25.9 Å². The first-order valence-corrected chi connectivity index (χ1v) is 10.8. The van der Waals surface area contributed by atoms with Gasteiger partial charge in [-0.3, -0.25) is 9.59 Å². The van der Waals surface area contributed by atoms with Crippen LogP contribution < -0.4 is 4.74 Å². The summed E-state index contributed by atoms with van der Waals surface area (Å²) in [6.07, 6.45) is 3.34. The molecule has 0 aliphatic carbocycles. The average Bonchev–Trinajstić information content (AvgIpc) is 3.04. The Morgan fingerprint density at radius 1 is 0.767 bits per heavy atom. The number of methoxy groups -OCH3 is 1. The fourth-order valence-electron chi connectivity index (χ4n) is 3.78. The Kier molecular flexibility index (Phi) is 7.89. The van der Waals surface area contributed by atoms with E-state index in [1.54, 1.807) is 7.11 Å². The number of benzene rings is 2. The molecule has 160 valence electrons. The van der Waals surface area contributed by atoms with Gasteiger partial charge in [0.05, 0.1) is 7.11 Å². The molecule has 1 aliphatic rings. The first kappa shape index (κ1) is 21.9. The van der Waals surface area contributed by atoms with Crippen molar-refractivity contribution in [3.8, 4) is 5.75 Å². The van der Waals surface area contributed by atoms with Crippen LogP contribution in [0.5, 0.6) is 5.75 Å². The number of carbonyl (C=O) groups excluding carboxylic acids is 2. The zero-order chi connectivity index (χ0) is 21.3. The Morgan fingerprint density at radius 3 is 1.70 bits per heavy atom. The third kappa shape index (κ3) is 6.34. The van der Waals surface area contributed by atoms with Gasteiger partial charge in [-0.05, 0) is 49.4 Å². The fraction of sp³-hybridized carbons (Fsp3) is 0.440. The predicted octanol–water partition coefficient (Wildman–Crippen LogP) is 3.63.